The Morgan fingerprint density at radius 3 is 2.42 bits per heavy atom. The zero-order valence-corrected chi connectivity index (χ0v) is 13.0. The van der Waals surface area contributed by atoms with E-state index in [9.17, 15) is 12.8 Å². The van der Waals surface area contributed by atoms with Gasteiger partial charge in [0.25, 0.3) is 0 Å². The van der Waals surface area contributed by atoms with Gasteiger partial charge in [-0.05, 0) is 31.0 Å². The van der Waals surface area contributed by atoms with Gasteiger partial charge in [0.1, 0.15) is 16.3 Å². The highest BCUT2D eigenvalue weighted by atomic mass is 79.9. The van der Waals surface area contributed by atoms with Crippen molar-refractivity contribution in [3.63, 3.8) is 0 Å². The predicted octanol–water partition coefficient (Wildman–Crippen LogP) is 2.95. The largest absolute Gasteiger partial charge is 0.244 e. The highest BCUT2D eigenvalue weighted by Crippen LogP contribution is 2.23. The maximum Gasteiger partial charge on any atom is 0.244 e. The van der Waals surface area contributed by atoms with Crippen LogP contribution in [0.2, 0.25) is 0 Å². The molecule has 0 amide bonds. The number of rotatable bonds is 5. The molecule has 0 atom stereocenters. The second-order valence-electron chi connectivity index (χ2n) is 4.08. The number of sulfonamides is 1. The van der Waals surface area contributed by atoms with Crippen LogP contribution in [-0.4, -0.2) is 14.0 Å². The van der Waals surface area contributed by atoms with Crippen LogP contribution in [0.4, 0.5) is 4.39 Å². The third-order valence-corrected chi connectivity index (χ3v) is 5.00. The highest BCUT2D eigenvalue weighted by Gasteiger charge is 2.33. The molecule has 0 aliphatic rings. The van der Waals surface area contributed by atoms with E-state index in [4.69, 9.17) is 5.26 Å². The number of nitriles is 1. The Morgan fingerprint density at radius 1 is 1.42 bits per heavy atom. The molecule has 1 aromatic rings. The summed E-state index contributed by atoms with van der Waals surface area (Å²) in [6, 6.07) is 5.62. The Morgan fingerprint density at radius 2 is 2.00 bits per heavy atom. The first kappa shape index (κ1) is 16.1. The molecule has 1 aromatic carbocycles. The van der Waals surface area contributed by atoms with Crippen molar-refractivity contribution in [1.29, 1.82) is 5.26 Å². The average molecular weight is 349 g/mol. The summed E-state index contributed by atoms with van der Waals surface area (Å²) in [5, 5.41) is 9.12. The molecule has 0 unspecified atom stereocenters. The lowest BCUT2D eigenvalue weighted by Gasteiger charge is -2.24. The van der Waals surface area contributed by atoms with E-state index in [2.05, 4.69) is 20.7 Å². The molecule has 0 saturated heterocycles. The molecule has 19 heavy (non-hydrogen) atoms. The molecular weight excluding hydrogens is 335 g/mol. The minimum atomic E-state index is -4.07. The summed E-state index contributed by atoms with van der Waals surface area (Å²) in [6.45, 7) is 3.40. The van der Waals surface area contributed by atoms with Gasteiger partial charge in [0.15, 0.2) is 0 Å². The Balaban J connectivity index is 3.22. The van der Waals surface area contributed by atoms with E-state index in [1.807, 2.05) is 6.07 Å². The quantitative estimate of drug-likeness (QED) is 0.889. The minimum Gasteiger partial charge on any atom is -0.207 e. The third-order valence-electron chi connectivity index (χ3n) is 2.93. The fraction of sp³-hybridized carbons (Fsp3) is 0.417. The van der Waals surface area contributed by atoms with E-state index in [-0.39, 0.29) is 0 Å². The van der Waals surface area contributed by atoms with Crippen LogP contribution >= 0.6 is 15.9 Å². The molecule has 104 valence electrons. The lowest BCUT2D eigenvalue weighted by atomic mass is 9.97. The monoisotopic (exact) mass is 348 g/mol. The van der Waals surface area contributed by atoms with Gasteiger partial charge >= 0.3 is 0 Å². The first-order chi connectivity index (χ1) is 8.80. The van der Waals surface area contributed by atoms with Gasteiger partial charge < -0.3 is 0 Å². The lowest BCUT2D eigenvalue weighted by Crippen LogP contribution is -2.46. The summed E-state index contributed by atoms with van der Waals surface area (Å²) in [5.74, 6) is -0.860. The highest BCUT2D eigenvalue weighted by molar-refractivity contribution is 9.10. The molecule has 0 aliphatic carbocycles. The number of nitrogens with zero attached hydrogens (tertiary/aromatic N) is 1. The summed E-state index contributed by atoms with van der Waals surface area (Å²) in [4.78, 5) is -0.461. The fourth-order valence-corrected chi connectivity index (χ4v) is 3.44. The van der Waals surface area contributed by atoms with Crippen molar-refractivity contribution in [2.75, 3.05) is 0 Å². The summed E-state index contributed by atoms with van der Waals surface area (Å²) >= 11 is 3.06. The van der Waals surface area contributed by atoms with Gasteiger partial charge in [-0.2, -0.15) is 9.98 Å². The number of hydrogen-bond acceptors (Lipinski definition) is 3. The van der Waals surface area contributed by atoms with Gasteiger partial charge in [0, 0.05) is 4.47 Å². The second-order valence-corrected chi connectivity index (χ2v) is 6.65. The maximum atomic E-state index is 13.7. The van der Waals surface area contributed by atoms with E-state index in [1.165, 1.54) is 6.07 Å². The van der Waals surface area contributed by atoms with Crippen molar-refractivity contribution in [2.45, 2.75) is 37.1 Å². The minimum absolute atomic E-state index is 0.303. The lowest BCUT2D eigenvalue weighted by molar-refractivity contribution is 0.444. The molecule has 0 fully saturated rings. The molecule has 0 aliphatic heterocycles. The molecule has 0 bridgehead atoms. The molecule has 1 rings (SSSR count). The summed E-state index contributed by atoms with van der Waals surface area (Å²) < 4.78 is 40.7. The average Bonchev–Trinajstić information content (AvgIpc) is 2.35. The van der Waals surface area contributed by atoms with Crippen molar-refractivity contribution in [3.05, 3.63) is 28.5 Å². The third kappa shape index (κ3) is 3.53. The Hall–Kier alpha value is -0.970. The van der Waals surface area contributed by atoms with E-state index in [0.29, 0.717) is 17.3 Å². The van der Waals surface area contributed by atoms with Crippen LogP contribution in [0.3, 0.4) is 0 Å². The van der Waals surface area contributed by atoms with Gasteiger partial charge in [-0.1, -0.05) is 29.8 Å². The van der Waals surface area contributed by atoms with E-state index >= 15 is 0 Å². The van der Waals surface area contributed by atoms with E-state index < -0.39 is 26.3 Å². The number of hydrogen-bond donors (Lipinski definition) is 1. The van der Waals surface area contributed by atoms with Crippen molar-refractivity contribution in [3.8, 4) is 6.07 Å². The molecule has 0 spiro atoms. The van der Waals surface area contributed by atoms with Gasteiger partial charge in [-0.15, -0.1) is 0 Å². The van der Waals surface area contributed by atoms with Gasteiger partial charge in [0.05, 0.1) is 6.07 Å². The molecular formula is C12H14BrFN2O2S. The van der Waals surface area contributed by atoms with Crippen molar-refractivity contribution >= 4 is 26.0 Å². The zero-order chi connectivity index (χ0) is 14.7. The zero-order valence-electron chi connectivity index (χ0n) is 10.6. The SMILES string of the molecule is CCC(C#N)(CC)NS(=O)(=O)c1ccc(Br)cc1F. The normalized spacial score (nSPS) is 12.2. The van der Waals surface area contributed by atoms with Crippen LogP contribution in [0, 0.1) is 17.1 Å². The molecule has 0 saturated carbocycles. The van der Waals surface area contributed by atoms with Crippen LogP contribution in [0.25, 0.3) is 0 Å². The molecule has 0 aromatic heterocycles. The summed E-state index contributed by atoms with van der Waals surface area (Å²) in [5.41, 5.74) is -1.21. The first-order valence-corrected chi connectivity index (χ1v) is 7.98. The van der Waals surface area contributed by atoms with Gasteiger partial charge in [0.2, 0.25) is 10.0 Å². The Bertz CT molecular complexity index is 607. The molecule has 1 N–H and O–H groups in total. The fourth-order valence-electron chi connectivity index (χ4n) is 1.58. The van der Waals surface area contributed by atoms with Crippen molar-refractivity contribution in [2.24, 2.45) is 0 Å². The van der Waals surface area contributed by atoms with Crippen LogP contribution in [0.1, 0.15) is 26.7 Å². The standard InChI is InChI=1S/C12H14BrFN2O2S/c1-3-12(4-2,8-15)16-19(17,18)11-6-5-9(13)7-10(11)14/h5-7,16H,3-4H2,1-2H3. The number of halogens is 2. The number of nitrogens with one attached hydrogen (secondary N) is 1. The van der Waals surface area contributed by atoms with Gasteiger partial charge in [-0.3, -0.25) is 0 Å². The van der Waals surface area contributed by atoms with Crippen LogP contribution in [0.15, 0.2) is 27.6 Å². The van der Waals surface area contributed by atoms with Crippen LogP contribution < -0.4 is 4.72 Å². The topological polar surface area (TPSA) is 70.0 Å². The molecule has 7 heteroatoms. The molecule has 4 nitrogen and oxygen atoms in total. The summed E-state index contributed by atoms with van der Waals surface area (Å²) in [6.07, 6.45) is 0.606. The predicted molar refractivity (Wildman–Crippen MR) is 73.3 cm³/mol. The van der Waals surface area contributed by atoms with Crippen LogP contribution in [-0.2, 0) is 10.0 Å². The summed E-state index contributed by atoms with van der Waals surface area (Å²) in [7, 11) is -4.07. The smallest absolute Gasteiger partial charge is 0.207 e. The first-order valence-electron chi connectivity index (χ1n) is 5.70. The van der Waals surface area contributed by atoms with Crippen LogP contribution in [0.5, 0.6) is 0 Å². The second kappa shape index (κ2) is 5.99. The van der Waals surface area contributed by atoms with E-state index in [0.717, 1.165) is 12.1 Å². The Kier molecular flexibility index (Phi) is 5.07. The Labute approximate surface area is 120 Å². The van der Waals surface area contributed by atoms with Crippen molar-refractivity contribution < 1.29 is 12.8 Å². The van der Waals surface area contributed by atoms with Gasteiger partial charge in [-0.25, -0.2) is 12.8 Å². The maximum absolute atomic E-state index is 13.7. The van der Waals surface area contributed by atoms with Crippen molar-refractivity contribution in [1.82, 2.24) is 4.72 Å². The number of benzene rings is 1. The van der Waals surface area contributed by atoms with E-state index in [1.54, 1.807) is 13.8 Å². The molecule has 0 radical (unpaired) electrons. The molecule has 0 heterocycles.